The zero-order valence-corrected chi connectivity index (χ0v) is 13.6. The molecule has 0 radical (unpaired) electrons. The molecule has 0 saturated carbocycles. The lowest BCUT2D eigenvalue weighted by Gasteiger charge is -2.29. The molecule has 134 valence electrons. The van der Waals surface area contributed by atoms with Gasteiger partial charge in [0.2, 0.25) is 5.95 Å². The number of aromatic nitrogens is 4. The number of halogens is 3. The molecule has 3 aromatic rings. The van der Waals surface area contributed by atoms with Crippen LogP contribution >= 0.6 is 0 Å². The number of hydrogen-bond donors (Lipinski definition) is 2. The second kappa shape index (κ2) is 6.32. The maximum Gasteiger partial charge on any atom is 0.421 e. The molecule has 0 spiro atoms. The Morgan fingerprint density at radius 3 is 2.69 bits per heavy atom. The highest BCUT2D eigenvalue weighted by Gasteiger charge is 2.37. The lowest BCUT2D eigenvalue weighted by Crippen LogP contribution is -2.33. The third kappa shape index (κ3) is 3.19. The van der Waals surface area contributed by atoms with E-state index in [1.807, 2.05) is 18.2 Å². The Hall–Kier alpha value is -3.10. The molecule has 3 heterocycles. The number of H-pyrrole nitrogens is 1. The average molecular weight is 360 g/mol. The van der Waals surface area contributed by atoms with Gasteiger partial charge in [-0.25, -0.2) is 9.97 Å². The molecule has 26 heavy (non-hydrogen) atoms. The smallest absolute Gasteiger partial charge is 0.350 e. The predicted molar refractivity (Wildman–Crippen MR) is 90.1 cm³/mol. The van der Waals surface area contributed by atoms with Crippen molar-refractivity contribution in [1.29, 1.82) is 0 Å². The molecule has 0 fully saturated rings. The summed E-state index contributed by atoms with van der Waals surface area (Å²) in [6, 6.07) is 9.06. The normalized spacial score (nSPS) is 14.2. The van der Waals surface area contributed by atoms with E-state index in [0.717, 1.165) is 17.6 Å². The van der Waals surface area contributed by atoms with Crippen LogP contribution in [0.15, 0.2) is 42.9 Å². The first-order valence-corrected chi connectivity index (χ1v) is 8.03. The molecular formula is C17H15F3N6. The highest BCUT2D eigenvalue weighted by atomic mass is 19.4. The van der Waals surface area contributed by atoms with E-state index < -0.39 is 11.7 Å². The van der Waals surface area contributed by atoms with Gasteiger partial charge in [0.05, 0.1) is 18.6 Å². The summed E-state index contributed by atoms with van der Waals surface area (Å²) in [5.74, 6) is -0.0217. The van der Waals surface area contributed by atoms with E-state index in [1.165, 1.54) is 0 Å². The van der Waals surface area contributed by atoms with Gasteiger partial charge in [-0.1, -0.05) is 18.2 Å². The first kappa shape index (κ1) is 16.4. The Balaban J connectivity index is 1.69. The van der Waals surface area contributed by atoms with Crippen molar-refractivity contribution in [3.8, 4) is 0 Å². The maximum atomic E-state index is 13.4. The van der Waals surface area contributed by atoms with E-state index in [-0.39, 0.29) is 18.3 Å². The van der Waals surface area contributed by atoms with Crippen molar-refractivity contribution in [2.75, 3.05) is 16.8 Å². The number of aromatic amines is 1. The van der Waals surface area contributed by atoms with Crippen LogP contribution in [-0.2, 0) is 19.1 Å². The van der Waals surface area contributed by atoms with E-state index in [4.69, 9.17) is 0 Å². The molecule has 2 aromatic heterocycles. The molecule has 1 aromatic carbocycles. The molecule has 0 saturated heterocycles. The van der Waals surface area contributed by atoms with Crippen LogP contribution in [-0.4, -0.2) is 26.5 Å². The van der Waals surface area contributed by atoms with Gasteiger partial charge in [-0.15, -0.1) is 0 Å². The number of nitrogens with one attached hydrogen (secondary N) is 2. The largest absolute Gasteiger partial charge is 0.421 e. The first-order valence-electron chi connectivity index (χ1n) is 8.03. The highest BCUT2D eigenvalue weighted by Crippen LogP contribution is 2.37. The molecule has 0 aliphatic carbocycles. The van der Waals surface area contributed by atoms with Gasteiger partial charge < -0.3 is 15.2 Å². The summed E-state index contributed by atoms with van der Waals surface area (Å²) in [5.41, 5.74) is 1.54. The van der Waals surface area contributed by atoms with Crippen molar-refractivity contribution < 1.29 is 13.2 Å². The number of para-hydroxylation sites is 1. The number of rotatable bonds is 3. The topological polar surface area (TPSA) is 69.7 Å². The van der Waals surface area contributed by atoms with Crippen molar-refractivity contribution in [3.05, 3.63) is 59.8 Å². The molecule has 9 heteroatoms. The summed E-state index contributed by atoms with van der Waals surface area (Å²) < 4.78 is 40.3. The van der Waals surface area contributed by atoms with Crippen molar-refractivity contribution in [2.24, 2.45) is 0 Å². The number of benzene rings is 1. The summed E-state index contributed by atoms with van der Waals surface area (Å²) in [6.07, 6.45) is -1.57. The molecule has 4 rings (SSSR count). The minimum atomic E-state index is -4.54. The summed E-state index contributed by atoms with van der Waals surface area (Å²) in [7, 11) is 0. The number of nitrogens with zero attached hydrogens (tertiary/aromatic N) is 4. The van der Waals surface area contributed by atoms with Crippen LogP contribution in [0.3, 0.4) is 0 Å². The Morgan fingerprint density at radius 1 is 1.12 bits per heavy atom. The van der Waals surface area contributed by atoms with Crippen molar-refractivity contribution in [3.63, 3.8) is 0 Å². The number of hydrogen-bond acceptors (Lipinski definition) is 5. The van der Waals surface area contributed by atoms with Crippen molar-refractivity contribution in [1.82, 2.24) is 19.9 Å². The summed E-state index contributed by atoms with van der Waals surface area (Å²) >= 11 is 0. The van der Waals surface area contributed by atoms with E-state index in [2.05, 4.69) is 25.3 Å². The molecule has 0 bridgehead atoms. The monoisotopic (exact) mass is 360 g/mol. The average Bonchev–Trinajstić information content (AvgIpc) is 3.09. The maximum absolute atomic E-state index is 13.4. The molecule has 6 nitrogen and oxygen atoms in total. The van der Waals surface area contributed by atoms with Gasteiger partial charge in [0, 0.05) is 30.5 Å². The quantitative estimate of drug-likeness (QED) is 0.748. The van der Waals surface area contributed by atoms with Gasteiger partial charge in [0.1, 0.15) is 11.4 Å². The van der Waals surface area contributed by atoms with Crippen LogP contribution in [0.2, 0.25) is 0 Å². The number of fused-ring (bicyclic) bond motifs is 1. The van der Waals surface area contributed by atoms with Gasteiger partial charge in [-0.2, -0.15) is 18.2 Å². The third-order valence-electron chi connectivity index (χ3n) is 4.18. The van der Waals surface area contributed by atoms with Gasteiger partial charge in [-0.3, -0.25) is 0 Å². The van der Waals surface area contributed by atoms with Crippen LogP contribution in [0, 0.1) is 0 Å². The Kier molecular flexibility index (Phi) is 3.98. The fourth-order valence-corrected chi connectivity index (χ4v) is 2.91. The minimum Gasteiger partial charge on any atom is -0.350 e. The van der Waals surface area contributed by atoms with Crippen LogP contribution in [0.5, 0.6) is 0 Å². The number of anilines is 3. The lowest BCUT2D eigenvalue weighted by molar-refractivity contribution is -0.137. The van der Waals surface area contributed by atoms with Crippen molar-refractivity contribution >= 4 is 17.5 Å². The van der Waals surface area contributed by atoms with Crippen LogP contribution in [0.4, 0.5) is 30.6 Å². The second-order valence-electron chi connectivity index (χ2n) is 5.92. The molecule has 0 amide bonds. The highest BCUT2D eigenvalue weighted by molar-refractivity contribution is 5.57. The van der Waals surface area contributed by atoms with Gasteiger partial charge in [0.15, 0.2) is 0 Å². The molecule has 2 N–H and O–H groups in total. The Bertz CT molecular complexity index is 906. The number of alkyl halides is 3. The molecular weight excluding hydrogens is 345 g/mol. The molecule has 0 atom stereocenters. The van der Waals surface area contributed by atoms with Crippen LogP contribution < -0.4 is 10.2 Å². The third-order valence-corrected chi connectivity index (χ3v) is 4.18. The molecule has 1 aliphatic heterocycles. The van der Waals surface area contributed by atoms with Gasteiger partial charge in [-0.05, 0) is 12.1 Å². The summed E-state index contributed by atoms with van der Waals surface area (Å²) in [6.45, 7) is 0.684. The van der Waals surface area contributed by atoms with Crippen LogP contribution in [0.25, 0.3) is 0 Å². The lowest BCUT2D eigenvalue weighted by atomic mass is 10.1. The Labute approximate surface area is 147 Å². The summed E-state index contributed by atoms with van der Waals surface area (Å²) in [4.78, 5) is 16.8. The van der Waals surface area contributed by atoms with Crippen LogP contribution in [0.1, 0.15) is 17.0 Å². The fourth-order valence-electron chi connectivity index (χ4n) is 2.91. The molecule has 0 unspecified atom stereocenters. The number of imidazole rings is 1. The van der Waals surface area contributed by atoms with Gasteiger partial charge >= 0.3 is 6.18 Å². The zero-order chi connectivity index (χ0) is 18.1. The Morgan fingerprint density at radius 2 is 1.92 bits per heavy atom. The fraction of sp³-hybridized carbons (Fsp3) is 0.235. The van der Waals surface area contributed by atoms with E-state index in [9.17, 15) is 13.2 Å². The zero-order valence-electron chi connectivity index (χ0n) is 13.6. The SMILES string of the molecule is FC(F)(F)c1cnc(Nc2ccccc2)nc1N1CCc2[nH]cnc2C1. The minimum absolute atomic E-state index is 0.118. The van der Waals surface area contributed by atoms with E-state index in [0.29, 0.717) is 18.7 Å². The molecule has 1 aliphatic rings. The second-order valence-corrected chi connectivity index (χ2v) is 5.92. The van der Waals surface area contributed by atoms with Crippen molar-refractivity contribution in [2.45, 2.75) is 19.1 Å². The van der Waals surface area contributed by atoms with Gasteiger partial charge in [0.25, 0.3) is 0 Å². The van der Waals surface area contributed by atoms with E-state index in [1.54, 1.807) is 23.4 Å². The van der Waals surface area contributed by atoms with E-state index >= 15 is 0 Å². The standard InChI is InChI=1S/C17H15F3N6/c18-17(19,20)12-8-21-16(24-11-4-2-1-3-5-11)25-15(12)26-7-6-13-14(9-26)23-10-22-13/h1-5,8,10H,6-7,9H2,(H,22,23)(H,21,24,25). The summed E-state index contributed by atoms with van der Waals surface area (Å²) in [5, 5.41) is 2.94. The first-order chi connectivity index (χ1) is 12.5. The predicted octanol–water partition coefficient (Wildman–Crippen LogP) is 3.52.